The third-order valence-corrected chi connectivity index (χ3v) is 5.31. The number of carbonyl (C=O) groups is 1. The maximum atomic E-state index is 14.8. The fourth-order valence-electron chi connectivity index (χ4n) is 3.68. The number of aromatic amines is 1. The Morgan fingerprint density at radius 3 is 2.55 bits per heavy atom. The van der Waals surface area contributed by atoms with Gasteiger partial charge in [0.05, 0.1) is 18.0 Å². The lowest BCUT2D eigenvalue weighted by Gasteiger charge is -2.09. The minimum atomic E-state index is -0.626. The molecule has 0 unspecified atom stereocenters. The average molecular weight is 446 g/mol. The molecule has 0 spiro atoms. The van der Waals surface area contributed by atoms with Crippen molar-refractivity contribution >= 4 is 11.6 Å². The van der Waals surface area contributed by atoms with E-state index in [4.69, 9.17) is 6.57 Å². The molecule has 2 aromatic carbocycles. The van der Waals surface area contributed by atoms with Gasteiger partial charge in [0, 0.05) is 29.1 Å². The van der Waals surface area contributed by atoms with Crippen molar-refractivity contribution in [3.63, 3.8) is 0 Å². The van der Waals surface area contributed by atoms with Gasteiger partial charge in [-0.3, -0.25) is 9.89 Å². The predicted molar refractivity (Wildman–Crippen MR) is 119 cm³/mol. The molecule has 4 aromatic rings. The van der Waals surface area contributed by atoms with Gasteiger partial charge in [-0.05, 0) is 50.6 Å². The Labute approximate surface area is 188 Å². The van der Waals surface area contributed by atoms with Crippen LogP contribution in [-0.2, 0) is 6.54 Å². The lowest BCUT2D eigenvalue weighted by atomic mass is 10.0. The van der Waals surface area contributed by atoms with E-state index in [1.165, 1.54) is 18.2 Å². The molecule has 0 fully saturated rings. The van der Waals surface area contributed by atoms with Gasteiger partial charge in [-0.15, -0.1) is 0 Å². The van der Waals surface area contributed by atoms with Crippen LogP contribution in [0.4, 0.5) is 14.5 Å². The molecule has 0 aliphatic heterocycles. The summed E-state index contributed by atoms with van der Waals surface area (Å²) in [6.45, 7) is 12.4. The van der Waals surface area contributed by atoms with E-state index < -0.39 is 17.5 Å². The lowest BCUT2D eigenvalue weighted by molar-refractivity contribution is 0.0945. The van der Waals surface area contributed by atoms with Gasteiger partial charge in [0.15, 0.2) is 0 Å². The Hall–Kier alpha value is -4.32. The monoisotopic (exact) mass is 446 g/mol. The van der Waals surface area contributed by atoms with Gasteiger partial charge >= 0.3 is 0 Å². The molecule has 2 N–H and O–H groups in total. The number of H-pyrrole nitrogens is 1. The van der Waals surface area contributed by atoms with Crippen molar-refractivity contribution in [3.8, 4) is 16.8 Å². The van der Waals surface area contributed by atoms with Crippen LogP contribution in [0.15, 0.2) is 42.5 Å². The van der Waals surface area contributed by atoms with Crippen LogP contribution in [0.3, 0.4) is 0 Å². The molecular formula is C24H20F2N6O. The first kappa shape index (κ1) is 21.9. The molecule has 0 aliphatic carbocycles. The second kappa shape index (κ2) is 8.67. The van der Waals surface area contributed by atoms with E-state index >= 15 is 0 Å². The van der Waals surface area contributed by atoms with Crippen molar-refractivity contribution in [1.29, 1.82) is 0 Å². The fraction of sp³-hybridized carbons (Fsp3) is 0.167. The zero-order chi connectivity index (χ0) is 23.7. The van der Waals surface area contributed by atoms with Gasteiger partial charge in [-0.25, -0.2) is 18.3 Å². The number of nitrogens with one attached hydrogen (secondary N) is 2. The average Bonchev–Trinajstić information content (AvgIpc) is 3.35. The summed E-state index contributed by atoms with van der Waals surface area (Å²) in [6, 6.07) is 10.6. The highest BCUT2D eigenvalue weighted by Crippen LogP contribution is 2.31. The largest absolute Gasteiger partial charge is 0.346 e. The summed E-state index contributed by atoms with van der Waals surface area (Å²) >= 11 is 0. The normalized spacial score (nSPS) is 10.8. The van der Waals surface area contributed by atoms with Crippen molar-refractivity contribution in [1.82, 2.24) is 25.3 Å². The first-order valence-electron chi connectivity index (χ1n) is 10.1. The predicted octanol–water partition coefficient (Wildman–Crippen LogP) is 4.95. The number of benzene rings is 2. The molecule has 0 bridgehead atoms. The number of aryl methyl sites for hydroxylation is 2. The Bertz CT molecular complexity index is 1410. The minimum absolute atomic E-state index is 0.0146. The molecule has 0 atom stereocenters. The first-order chi connectivity index (χ1) is 15.8. The molecule has 0 saturated heterocycles. The third-order valence-electron chi connectivity index (χ3n) is 5.31. The molecule has 166 valence electrons. The van der Waals surface area contributed by atoms with E-state index in [1.54, 1.807) is 42.8 Å². The van der Waals surface area contributed by atoms with Crippen molar-refractivity contribution in [2.75, 3.05) is 0 Å². The molecular weight excluding hydrogens is 426 g/mol. The Kier molecular flexibility index (Phi) is 5.75. The maximum absolute atomic E-state index is 14.8. The molecule has 2 heterocycles. The smallest absolute Gasteiger partial charge is 0.272 e. The quantitative estimate of drug-likeness (QED) is 0.426. The zero-order valence-electron chi connectivity index (χ0n) is 18.2. The highest BCUT2D eigenvalue weighted by atomic mass is 19.1. The molecule has 0 radical (unpaired) electrons. The molecule has 33 heavy (non-hydrogen) atoms. The van der Waals surface area contributed by atoms with E-state index in [9.17, 15) is 13.6 Å². The Morgan fingerprint density at radius 1 is 1.12 bits per heavy atom. The molecule has 2 aromatic heterocycles. The topological polar surface area (TPSA) is 80.0 Å². The van der Waals surface area contributed by atoms with E-state index in [0.29, 0.717) is 28.2 Å². The minimum Gasteiger partial charge on any atom is -0.346 e. The van der Waals surface area contributed by atoms with Crippen LogP contribution in [-0.4, -0.2) is 25.9 Å². The number of rotatable bonds is 5. The summed E-state index contributed by atoms with van der Waals surface area (Å²) in [5.41, 5.74) is 4.44. The van der Waals surface area contributed by atoms with Crippen molar-refractivity contribution in [3.05, 3.63) is 93.9 Å². The second-order valence-electron chi connectivity index (χ2n) is 7.63. The Balaban J connectivity index is 1.58. The summed E-state index contributed by atoms with van der Waals surface area (Å²) in [5, 5.41) is 13.7. The number of hydrogen-bond donors (Lipinski definition) is 2. The highest BCUT2D eigenvalue weighted by Gasteiger charge is 2.17. The number of amides is 1. The van der Waals surface area contributed by atoms with Crippen molar-refractivity contribution in [2.45, 2.75) is 27.3 Å². The van der Waals surface area contributed by atoms with Crippen LogP contribution < -0.4 is 5.32 Å². The van der Waals surface area contributed by atoms with E-state index in [2.05, 4.69) is 25.5 Å². The molecule has 0 saturated carbocycles. The van der Waals surface area contributed by atoms with Gasteiger partial charge in [-0.1, -0.05) is 18.2 Å². The van der Waals surface area contributed by atoms with Gasteiger partial charge in [0.25, 0.3) is 5.91 Å². The number of halogens is 2. The van der Waals surface area contributed by atoms with Crippen LogP contribution in [0, 0.1) is 39.0 Å². The first-order valence-corrected chi connectivity index (χ1v) is 10.1. The molecule has 9 heteroatoms. The standard InChI is InChI=1S/C24H20F2N6O/c1-13-9-22(30-29-13)24(33)28-12-17-6-5-16(10-19(17)25)23-14(2)31-32(15(23)3)18-7-8-21(27-4)20(26)11-18/h5-11H,12H2,1-3H3,(H,28,33)(H,29,30). The van der Waals surface area contributed by atoms with E-state index in [-0.39, 0.29) is 17.9 Å². The summed E-state index contributed by atoms with van der Waals surface area (Å²) in [5.74, 6) is -1.49. The lowest BCUT2D eigenvalue weighted by Crippen LogP contribution is -2.23. The summed E-state index contributed by atoms with van der Waals surface area (Å²) in [6.07, 6.45) is 0. The number of aromatic nitrogens is 4. The third kappa shape index (κ3) is 4.23. The molecule has 0 aliphatic rings. The zero-order valence-corrected chi connectivity index (χ0v) is 18.2. The van der Waals surface area contributed by atoms with Crippen LogP contribution in [0.25, 0.3) is 21.7 Å². The molecule has 4 rings (SSSR count). The SMILES string of the molecule is [C-]#[N+]c1ccc(-n2nc(C)c(-c3ccc(CNC(=O)c4cc(C)[nH]n4)c(F)c3)c2C)cc1F. The fourth-order valence-corrected chi connectivity index (χ4v) is 3.68. The maximum Gasteiger partial charge on any atom is 0.272 e. The molecule has 1 amide bonds. The van der Waals surface area contributed by atoms with Gasteiger partial charge in [-0.2, -0.15) is 10.2 Å². The summed E-state index contributed by atoms with van der Waals surface area (Å²) in [7, 11) is 0. The van der Waals surface area contributed by atoms with Crippen LogP contribution >= 0.6 is 0 Å². The number of carbonyl (C=O) groups excluding carboxylic acids is 1. The van der Waals surface area contributed by atoms with Crippen LogP contribution in [0.1, 0.15) is 33.1 Å². The van der Waals surface area contributed by atoms with Gasteiger partial charge in [0.1, 0.15) is 17.3 Å². The highest BCUT2D eigenvalue weighted by molar-refractivity contribution is 5.92. The van der Waals surface area contributed by atoms with Gasteiger partial charge in [0.2, 0.25) is 5.69 Å². The van der Waals surface area contributed by atoms with Crippen LogP contribution in [0.2, 0.25) is 0 Å². The van der Waals surface area contributed by atoms with Crippen molar-refractivity contribution < 1.29 is 13.6 Å². The second-order valence-corrected chi connectivity index (χ2v) is 7.63. The van der Waals surface area contributed by atoms with Crippen LogP contribution in [0.5, 0.6) is 0 Å². The van der Waals surface area contributed by atoms with Crippen molar-refractivity contribution in [2.24, 2.45) is 0 Å². The van der Waals surface area contributed by atoms with Gasteiger partial charge < -0.3 is 5.32 Å². The Morgan fingerprint density at radius 2 is 1.91 bits per heavy atom. The number of hydrogen-bond acceptors (Lipinski definition) is 3. The summed E-state index contributed by atoms with van der Waals surface area (Å²) < 4.78 is 30.5. The van der Waals surface area contributed by atoms with E-state index in [0.717, 1.165) is 11.3 Å². The van der Waals surface area contributed by atoms with E-state index in [1.807, 2.05) is 6.92 Å². The molecule has 7 nitrogen and oxygen atoms in total. The number of nitrogens with zero attached hydrogens (tertiary/aromatic N) is 4. The summed E-state index contributed by atoms with van der Waals surface area (Å²) in [4.78, 5) is 15.3.